The summed E-state index contributed by atoms with van der Waals surface area (Å²) < 4.78 is 5.83. The number of halogens is 2. The molecular weight excluding hydrogens is 397 g/mol. The van der Waals surface area contributed by atoms with E-state index in [1.807, 2.05) is 47.4 Å². The van der Waals surface area contributed by atoms with Crippen molar-refractivity contribution in [1.82, 2.24) is 9.88 Å². The van der Waals surface area contributed by atoms with Crippen LogP contribution >= 0.6 is 23.2 Å². The van der Waals surface area contributed by atoms with Crippen molar-refractivity contribution in [2.45, 2.75) is 0 Å². The largest absolute Gasteiger partial charge is 0.483 e. The summed E-state index contributed by atoms with van der Waals surface area (Å²) in [6, 6.07) is 15.5. The van der Waals surface area contributed by atoms with Gasteiger partial charge in [-0.3, -0.25) is 4.79 Å². The Balaban J connectivity index is 1.35. The first kappa shape index (κ1) is 18.8. The number of amides is 1. The SMILES string of the molecule is O=C(COc1cccc2ccccc12)N1CCN(c2ncc(Cl)cc2Cl)CC1. The van der Waals surface area contributed by atoms with E-state index in [4.69, 9.17) is 27.9 Å². The summed E-state index contributed by atoms with van der Waals surface area (Å²) in [5, 5.41) is 3.12. The van der Waals surface area contributed by atoms with Crippen LogP contribution in [0.5, 0.6) is 5.75 Å². The van der Waals surface area contributed by atoms with Crippen LogP contribution in [0.2, 0.25) is 10.0 Å². The molecule has 0 saturated carbocycles. The lowest BCUT2D eigenvalue weighted by atomic mass is 10.1. The Labute approximate surface area is 173 Å². The number of carbonyl (C=O) groups is 1. The standard InChI is InChI=1S/C21H19Cl2N3O2/c22-16-12-18(23)21(24-13-16)26-10-8-25(9-11-26)20(27)14-28-19-7-3-5-15-4-1-2-6-17(15)19/h1-7,12-13H,8-11,14H2. The van der Waals surface area contributed by atoms with Crippen molar-refractivity contribution in [3.63, 3.8) is 0 Å². The fourth-order valence-electron chi connectivity index (χ4n) is 3.36. The predicted molar refractivity (Wildman–Crippen MR) is 112 cm³/mol. The molecule has 2 heterocycles. The molecule has 2 aromatic carbocycles. The van der Waals surface area contributed by atoms with Crippen LogP contribution in [0.3, 0.4) is 0 Å². The predicted octanol–water partition coefficient (Wildman–Crippen LogP) is 4.27. The van der Waals surface area contributed by atoms with Gasteiger partial charge in [-0.15, -0.1) is 0 Å². The molecule has 0 unspecified atom stereocenters. The minimum Gasteiger partial charge on any atom is -0.483 e. The van der Waals surface area contributed by atoms with E-state index in [9.17, 15) is 4.79 Å². The minimum atomic E-state index is -0.0252. The van der Waals surface area contributed by atoms with Crippen molar-refractivity contribution in [1.29, 1.82) is 0 Å². The van der Waals surface area contributed by atoms with Gasteiger partial charge in [0.2, 0.25) is 0 Å². The number of benzene rings is 2. The lowest BCUT2D eigenvalue weighted by Crippen LogP contribution is -2.50. The maximum Gasteiger partial charge on any atom is 0.260 e. The molecule has 1 amide bonds. The maximum absolute atomic E-state index is 12.6. The van der Waals surface area contributed by atoms with Crippen molar-refractivity contribution in [3.8, 4) is 5.75 Å². The summed E-state index contributed by atoms with van der Waals surface area (Å²) in [4.78, 5) is 20.8. The molecular formula is C21H19Cl2N3O2. The highest BCUT2D eigenvalue weighted by atomic mass is 35.5. The van der Waals surface area contributed by atoms with Gasteiger partial charge < -0.3 is 14.5 Å². The van der Waals surface area contributed by atoms with Crippen LogP contribution in [0.4, 0.5) is 5.82 Å². The molecule has 1 saturated heterocycles. The van der Waals surface area contributed by atoms with Crippen LogP contribution in [0.25, 0.3) is 10.8 Å². The van der Waals surface area contributed by atoms with Gasteiger partial charge in [0, 0.05) is 37.8 Å². The van der Waals surface area contributed by atoms with Gasteiger partial charge in [-0.05, 0) is 17.5 Å². The van der Waals surface area contributed by atoms with Gasteiger partial charge in [0.25, 0.3) is 5.91 Å². The van der Waals surface area contributed by atoms with Crippen LogP contribution in [-0.2, 0) is 4.79 Å². The van der Waals surface area contributed by atoms with E-state index >= 15 is 0 Å². The molecule has 0 bridgehead atoms. The molecule has 3 aromatic rings. The Morgan fingerprint density at radius 3 is 2.57 bits per heavy atom. The minimum absolute atomic E-state index is 0.0218. The Kier molecular flexibility index (Phi) is 5.55. The third-order valence-electron chi connectivity index (χ3n) is 4.82. The molecule has 0 N–H and O–H groups in total. The van der Waals surface area contributed by atoms with E-state index in [1.54, 1.807) is 12.3 Å². The van der Waals surface area contributed by atoms with Gasteiger partial charge in [-0.2, -0.15) is 0 Å². The average molecular weight is 416 g/mol. The van der Waals surface area contributed by atoms with Crippen molar-refractivity contribution in [2.24, 2.45) is 0 Å². The topological polar surface area (TPSA) is 45.7 Å². The third kappa shape index (κ3) is 4.01. The number of hydrogen-bond acceptors (Lipinski definition) is 4. The van der Waals surface area contributed by atoms with E-state index in [0.29, 0.717) is 42.0 Å². The monoisotopic (exact) mass is 415 g/mol. The summed E-state index contributed by atoms with van der Waals surface area (Å²) in [6.45, 7) is 2.54. The number of nitrogens with zero attached hydrogens (tertiary/aromatic N) is 3. The van der Waals surface area contributed by atoms with Crippen molar-refractivity contribution < 1.29 is 9.53 Å². The molecule has 4 rings (SSSR count). The normalized spacial score (nSPS) is 14.4. The van der Waals surface area contributed by atoms with Crippen LogP contribution in [0.1, 0.15) is 0 Å². The molecule has 1 aliphatic heterocycles. The quantitative estimate of drug-likeness (QED) is 0.638. The van der Waals surface area contributed by atoms with Crippen LogP contribution in [0, 0.1) is 0 Å². The van der Waals surface area contributed by atoms with Gasteiger partial charge in [-0.1, -0.05) is 59.6 Å². The molecule has 144 valence electrons. The van der Waals surface area contributed by atoms with Crippen molar-refractivity contribution in [2.75, 3.05) is 37.7 Å². The molecule has 0 radical (unpaired) electrons. The highest BCUT2D eigenvalue weighted by Crippen LogP contribution is 2.27. The van der Waals surface area contributed by atoms with Crippen molar-refractivity contribution >= 4 is 45.7 Å². The number of fused-ring (bicyclic) bond motifs is 1. The maximum atomic E-state index is 12.6. The third-order valence-corrected chi connectivity index (χ3v) is 5.31. The molecule has 7 heteroatoms. The molecule has 0 spiro atoms. The summed E-state index contributed by atoms with van der Waals surface area (Å²) in [5.74, 6) is 1.40. The number of hydrogen-bond donors (Lipinski definition) is 0. The lowest BCUT2D eigenvalue weighted by Gasteiger charge is -2.35. The van der Waals surface area contributed by atoms with E-state index in [2.05, 4.69) is 9.88 Å². The molecule has 5 nitrogen and oxygen atoms in total. The van der Waals surface area contributed by atoms with Gasteiger partial charge in [0.1, 0.15) is 11.6 Å². The fraction of sp³-hybridized carbons (Fsp3) is 0.238. The van der Waals surface area contributed by atoms with Gasteiger partial charge >= 0.3 is 0 Å². The van der Waals surface area contributed by atoms with Gasteiger partial charge in [0.15, 0.2) is 6.61 Å². The number of carbonyl (C=O) groups excluding carboxylic acids is 1. The first-order valence-electron chi connectivity index (χ1n) is 9.06. The molecule has 1 aromatic heterocycles. The van der Waals surface area contributed by atoms with Crippen LogP contribution < -0.4 is 9.64 Å². The summed E-state index contributed by atoms with van der Waals surface area (Å²) in [5.41, 5.74) is 0. The Hall–Kier alpha value is -2.50. The molecule has 0 atom stereocenters. The zero-order chi connectivity index (χ0) is 19.5. The fourth-order valence-corrected chi connectivity index (χ4v) is 3.86. The van der Waals surface area contributed by atoms with Crippen LogP contribution in [0.15, 0.2) is 54.7 Å². The van der Waals surface area contributed by atoms with E-state index in [0.717, 1.165) is 16.5 Å². The molecule has 1 fully saturated rings. The summed E-state index contributed by atoms with van der Waals surface area (Å²) in [7, 11) is 0. The Bertz CT molecular complexity index is 999. The average Bonchev–Trinajstić information content (AvgIpc) is 2.72. The number of anilines is 1. The molecule has 0 aliphatic carbocycles. The second kappa shape index (κ2) is 8.25. The number of rotatable bonds is 4. The summed E-state index contributed by atoms with van der Waals surface area (Å²) in [6.07, 6.45) is 1.58. The highest BCUT2D eigenvalue weighted by Gasteiger charge is 2.23. The first-order valence-corrected chi connectivity index (χ1v) is 9.82. The molecule has 28 heavy (non-hydrogen) atoms. The zero-order valence-electron chi connectivity index (χ0n) is 15.1. The van der Waals surface area contributed by atoms with Crippen molar-refractivity contribution in [3.05, 3.63) is 64.8 Å². The van der Waals surface area contributed by atoms with Gasteiger partial charge in [-0.25, -0.2) is 4.98 Å². The zero-order valence-corrected chi connectivity index (χ0v) is 16.7. The van der Waals surface area contributed by atoms with E-state index in [-0.39, 0.29) is 12.5 Å². The lowest BCUT2D eigenvalue weighted by molar-refractivity contribution is -0.133. The number of piperazine rings is 1. The van der Waals surface area contributed by atoms with Gasteiger partial charge in [0.05, 0.1) is 10.0 Å². The summed E-state index contributed by atoms with van der Waals surface area (Å²) >= 11 is 12.1. The van der Waals surface area contributed by atoms with Crippen LogP contribution in [-0.4, -0.2) is 48.6 Å². The number of aromatic nitrogens is 1. The Morgan fingerprint density at radius 2 is 1.79 bits per heavy atom. The Morgan fingerprint density at radius 1 is 1.04 bits per heavy atom. The first-order chi connectivity index (χ1) is 13.6. The smallest absolute Gasteiger partial charge is 0.260 e. The highest BCUT2D eigenvalue weighted by molar-refractivity contribution is 6.36. The van der Waals surface area contributed by atoms with E-state index in [1.165, 1.54) is 0 Å². The number of pyridine rings is 1. The molecule has 1 aliphatic rings. The second-order valence-corrected chi connectivity index (χ2v) is 7.44. The number of ether oxygens (including phenoxy) is 1. The van der Waals surface area contributed by atoms with E-state index < -0.39 is 0 Å². The second-order valence-electron chi connectivity index (χ2n) is 6.59.